The molecule has 5 nitrogen and oxygen atoms in total. The normalized spacial score (nSPS) is 10.4. The fourth-order valence-corrected chi connectivity index (χ4v) is 1.84. The highest BCUT2D eigenvalue weighted by atomic mass is 16.5. The number of hydrogen-bond donors (Lipinski definition) is 0. The maximum Gasteiger partial charge on any atom is 0.306 e. The fraction of sp³-hybridized carbons (Fsp3) is 0.286. The number of hydrogen-bond acceptors (Lipinski definition) is 4. The van der Waals surface area contributed by atoms with Crippen LogP contribution in [0.15, 0.2) is 34.9 Å². The smallest absolute Gasteiger partial charge is 0.306 e. The summed E-state index contributed by atoms with van der Waals surface area (Å²) in [7, 11) is 2.97. The van der Waals surface area contributed by atoms with Crippen molar-refractivity contribution in [3.05, 3.63) is 30.5 Å². The monoisotopic (exact) mass is 261 g/mol. The van der Waals surface area contributed by atoms with Gasteiger partial charge in [0.1, 0.15) is 11.8 Å². The van der Waals surface area contributed by atoms with Crippen molar-refractivity contribution in [3.8, 4) is 0 Å². The van der Waals surface area contributed by atoms with E-state index >= 15 is 0 Å². The molecule has 0 N–H and O–H groups in total. The molecule has 5 heteroatoms. The average Bonchev–Trinajstić information content (AvgIpc) is 2.87. The zero-order valence-corrected chi connectivity index (χ0v) is 10.9. The molecule has 0 spiro atoms. The van der Waals surface area contributed by atoms with Crippen LogP contribution in [0.25, 0.3) is 11.0 Å². The van der Waals surface area contributed by atoms with Gasteiger partial charge >= 0.3 is 5.97 Å². The van der Waals surface area contributed by atoms with E-state index in [9.17, 15) is 9.59 Å². The Morgan fingerprint density at radius 2 is 2.00 bits per heavy atom. The first-order valence-electron chi connectivity index (χ1n) is 5.93. The second-order valence-electron chi connectivity index (χ2n) is 4.15. The highest BCUT2D eigenvalue weighted by Crippen LogP contribution is 2.28. The van der Waals surface area contributed by atoms with Crippen LogP contribution in [0, 0.1) is 0 Å². The molecular formula is C14H15NO4. The molecule has 0 atom stereocenters. The third-order valence-electron chi connectivity index (χ3n) is 2.97. The minimum atomic E-state index is -0.390. The van der Waals surface area contributed by atoms with Gasteiger partial charge in [0.15, 0.2) is 0 Å². The summed E-state index contributed by atoms with van der Waals surface area (Å²) >= 11 is 0. The Kier molecular flexibility index (Phi) is 3.85. The molecule has 1 heterocycles. The summed E-state index contributed by atoms with van der Waals surface area (Å²) in [4.78, 5) is 24.5. The number of methoxy groups -OCH3 is 1. The highest BCUT2D eigenvalue weighted by Gasteiger charge is 2.17. The van der Waals surface area contributed by atoms with Crippen molar-refractivity contribution in [2.24, 2.45) is 0 Å². The number of amides is 1. The molecule has 1 aromatic carbocycles. The summed E-state index contributed by atoms with van der Waals surface area (Å²) < 4.78 is 9.89. The highest BCUT2D eigenvalue weighted by molar-refractivity contribution is 6.02. The van der Waals surface area contributed by atoms with Crippen molar-refractivity contribution in [2.45, 2.75) is 12.8 Å². The lowest BCUT2D eigenvalue weighted by atomic mass is 10.2. The van der Waals surface area contributed by atoms with Gasteiger partial charge in [-0.15, -0.1) is 0 Å². The number of furan rings is 1. The Morgan fingerprint density at radius 1 is 1.26 bits per heavy atom. The zero-order chi connectivity index (χ0) is 13.8. The van der Waals surface area contributed by atoms with Gasteiger partial charge in [0.25, 0.3) is 0 Å². The van der Waals surface area contributed by atoms with Crippen molar-refractivity contribution in [2.75, 3.05) is 19.1 Å². The quantitative estimate of drug-likeness (QED) is 0.793. The van der Waals surface area contributed by atoms with Gasteiger partial charge in [0.2, 0.25) is 5.91 Å². The third-order valence-corrected chi connectivity index (χ3v) is 2.97. The van der Waals surface area contributed by atoms with Crippen molar-refractivity contribution < 1.29 is 18.7 Å². The van der Waals surface area contributed by atoms with E-state index in [2.05, 4.69) is 4.74 Å². The zero-order valence-electron chi connectivity index (χ0n) is 10.9. The number of ether oxygens (including phenoxy) is 1. The Morgan fingerprint density at radius 3 is 2.74 bits per heavy atom. The average molecular weight is 261 g/mol. The van der Waals surface area contributed by atoms with Crippen LogP contribution in [-0.2, 0) is 14.3 Å². The number of anilines is 1. The lowest BCUT2D eigenvalue weighted by molar-refractivity contribution is -0.141. The first-order valence-corrected chi connectivity index (χ1v) is 5.93. The maximum absolute atomic E-state index is 12.0. The van der Waals surface area contributed by atoms with E-state index in [-0.39, 0.29) is 24.7 Å². The predicted octanol–water partition coefficient (Wildman–Crippen LogP) is 2.35. The van der Waals surface area contributed by atoms with E-state index < -0.39 is 0 Å². The first kappa shape index (κ1) is 13.1. The van der Waals surface area contributed by atoms with Gasteiger partial charge in [-0.1, -0.05) is 12.1 Å². The summed E-state index contributed by atoms with van der Waals surface area (Å²) in [6.07, 6.45) is 1.73. The van der Waals surface area contributed by atoms with Gasteiger partial charge in [-0.3, -0.25) is 9.59 Å². The minimum Gasteiger partial charge on any atom is -0.469 e. The van der Waals surface area contributed by atoms with Crippen LogP contribution in [0.2, 0.25) is 0 Å². The minimum absolute atomic E-state index is 0.0788. The number of esters is 1. The molecule has 0 bridgehead atoms. The van der Waals surface area contributed by atoms with Gasteiger partial charge < -0.3 is 14.1 Å². The molecule has 0 aliphatic rings. The van der Waals surface area contributed by atoms with Crippen molar-refractivity contribution in [1.29, 1.82) is 0 Å². The Labute approximate surface area is 110 Å². The second-order valence-corrected chi connectivity index (χ2v) is 4.15. The van der Waals surface area contributed by atoms with Gasteiger partial charge in [-0.05, 0) is 12.1 Å². The number of carbonyl (C=O) groups excluding carboxylic acids is 2. The van der Waals surface area contributed by atoms with Crippen molar-refractivity contribution in [3.63, 3.8) is 0 Å². The van der Waals surface area contributed by atoms with Crippen LogP contribution in [0.5, 0.6) is 0 Å². The maximum atomic E-state index is 12.0. The second kappa shape index (κ2) is 5.56. The molecule has 0 aliphatic carbocycles. The Balaban J connectivity index is 2.13. The summed E-state index contributed by atoms with van der Waals surface area (Å²) in [5.41, 5.74) is 1.43. The number of nitrogens with zero attached hydrogens (tertiary/aromatic N) is 1. The van der Waals surface area contributed by atoms with E-state index in [4.69, 9.17) is 4.42 Å². The van der Waals surface area contributed by atoms with E-state index in [1.54, 1.807) is 13.3 Å². The predicted molar refractivity (Wildman–Crippen MR) is 70.9 cm³/mol. The van der Waals surface area contributed by atoms with E-state index in [0.29, 0.717) is 5.69 Å². The van der Waals surface area contributed by atoms with Gasteiger partial charge in [-0.25, -0.2) is 0 Å². The van der Waals surface area contributed by atoms with E-state index in [0.717, 1.165) is 11.0 Å². The Hall–Kier alpha value is -2.30. The van der Waals surface area contributed by atoms with Gasteiger partial charge in [-0.2, -0.15) is 0 Å². The molecule has 0 fully saturated rings. The van der Waals surface area contributed by atoms with Gasteiger partial charge in [0, 0.05) is 18.9 Å². The fourth-order valence-electron chi connectivity index (χ4n) is 1.84. The summed E-state index contributed by atoms with van der Waals surface area (Å²) in [6.45, 7) is 0. The standard InChI is InChI=1S/C14H15NO4/c1-15(13(16)7-8-14(17)18-2)11-9-19-12-6-4-3-5-10(11)12/h3-6,9H,7-8H2,1-2H3. The molecule has 2 aromatic rings. The molecule has 2 rings (SSSR count). The lowest BCUT2D eigenvalue weighted by Crippen LogP contribution is -2.26. The molecular weight excluding hydrogens is 246 g/mol. The van der Waals surface area contributed by atoms with Crippen LogP contribution in [0.4, 0.5) is 5.69 Å². The molecule has 0 saturated heterocycles. The van der Waals surface area contributed by atoms with Crippen molar-refractivity contribution in [1.82, 2.24) is 0 Å². The topological polar surface area (TPSA) is 59.8 Å². The number of carbonyl (C=O) groups is 2. The largest absolute Gasteiger partial charge is 0.469 e. The summed E-state index contributed by atoms with van der Waals surface area (Å²) in [6, 6.07) is 7.48. The summed E-state index contributed by atoms with van der Waals surface area (Å²) in [5, 5.41) is 0.872. The number of para-hydroxylation sites is 1. The first-order chi connectivity index (χ1) is 9.13. The molecule has 0 radical (unpaired) electrons. The molecule has 0 saturated carbocycles. The van der Waals surface area contributed by atoms with Crippen LogP contribution in [-0.4, -0.2) is 26.0 Å². The van der Waals surface area contributed by atoms with Crippen LogP contribution < -0.4 is 4.90 Å². The number of fused-ring (bicyclic) bond motifs is 1. The molecule has 1 amide bonds. The van der Waals surface area contributed by atoms with Crippen molar-refractivity contribution >= 4 is 28.5 Å². The molecule has 0 unspecified atom stereocenters. The Bertz CT molecular complexity index is 602. The summed E-state index contributed by atoms with van der Waals surface area (Å²) in [5.74, 6) is -0.546. The number of benzene rings is 1. The molecule has 100 valence electrons. The van der Waals surface area contributed by atoms with Crippen LogP contribution in [0.1, 0.15) is 12.8 Å². The molecule has 19 heavy (non-hydrogen) atoms. The molecule has 0 aliphatic heterocycles. The molecule has 1 aromatic heterocycles. The SMILES string of the molecule is COC(=O)CCC(=O)N(C)c1coc2ccccc12. The number of rotatable bonds is 4. The lowest BCUT2D eigenvalue weighted by Gasteiger charge is -2.15. The van der Waals surface area contributed by atoms with Crippen LogP contribution in [0.3, 0.4) is 0 Å². The van der Waals surface area contributed by atoms with Gasteiger partial charge in [0.05, 0.1) is 19.2 Å². The van der Waals surface area contributed by atoms with E-state index in [1.165, 1.54) is 12.0 Å². The third kappa shape index (κ3) is 2.76. The van der Waals surface area contributed by atoms with E-state index in [1.807, 2.05) is 24.3 Å². The van der Waals surface area contributed by atoms with Crippen LogP contribution >= 0.6 is 0 Å².